The summed E-state index contributed by atoms with van der Waals surface area (Å²) in [7, 11) is -2.69. The van der Waals surface area contributed by atoms with Gasteiger partial charge in [0.2, 0.25) is 11.8 Å². The van der Waals surface area contributed by atoms with Gasteiger partial charge in [0.05, 0.1) is 27.7 Å². The first-order chi connectivity index (χ1) is 21.6. The van der Waals surface area contributed by atoms with Crippen LogP contribution in [0.5, 0.6) is 5.75 Å². The number of ether oxygens (including phenoxy) is 1. The molecule has 0 fully saturated rings. The second-order valence-corrected chi connectivity index (χ2v) is 13.0. The molecule has 4 rings (SSSR count). The molecule has 0 aromatic heterocycles. The molecular formula is C34H35Cl2N3O5S. The average molecular weight is 669 g/mol. The van der Waals surface area contributed by atoms with Crippen molar-refractivity contribution in [2.45, 2.75) is 37.2 Å². The fourth-order valence-electron chi connectivity index (χ4n) is 4.75. The summed E-state index contributed by atoms with van der Waals surface area (Å²) in [6.07, 6.45) is 0.905. The van der Waals surface area contributed by atoms with E-state index in [1.54, 1.807) is 60.7 Å². The number of carbonyl (C=O) groups excluding carboxylic acids is 2. The van der Waals surface area contributed by atoms with Crippen LogP contribution >= 0.6 is 23.2 Å². The highest BCUT2D eigenvalue weighted by Crippen LogP contribution is 2.28. The van der Waals surface area contributed by atoms with Crippen LogP contribution in [0, 0.1) is 0 Å². The first-order valence-electron chi connectivity index (χ1n) is 14.4. The summed E-state index contributed by atoms with van der Waals surface area (Å²) < 4.78 is 34.4. The molecule has 2 amide bonds. The third-order valence-electron chi connectivity index (χ3n) is 7.13. The minimum atomic E-state index is -4.20. The van der Waals surface area contributed by atoms with Crippen LogP contribution in [0.1, 0.15) is 24.5 Å². The van der Waals surface area contributed by atoms with Gasteiger partial charge >= 0.3 is 0 Å². The Balaban J connectivity index is 1.80. The van der Waals surface area contributed by atoms with Crippen LogP contribution in [0.25, 0.3) is 0 Å². The quantitative estimate of drug-likeness (QED) is 0.169. The van der Waals surface area contributed by atoms with Gasteiger partial charge in [-0.25, -0.2) is 8.42 Å². The predicted molar refractivity (Wildman–Crippen MR) is 178 cm³/mol. The first kappa shape index (κ1) is 33.8. The monoisotopic (exact) mass is 667 g/mol. The summed E-state index contributed by atoms with van der Waals surface area (Å²) in [6.45, 7) is 1.76. The number of amides is 2. The Bertz CT molecular complexity index is 1690. The molecule has 11 heteroatoms. The Hall–Kier alpha value is -4.05. The zero-order valence-electron chi connectivity index (χ0n) is 25.0. The van der Waals surface area contributed by atoms with Crippen molar-refractivity contribution in [2.75, 3.05) is 24.5 Å². The second kappa shape index (κ2) is 15.8. The summed E-state index contributed by atoms with van der Waals surface area (Å²) in [5, 5.41) is 3.56. The van der Waals surface area contributed by atoms with E-state index < -0.39 is 28.5 Å². The van der Waals surface area contributed by atoms with Crippen molar-refractivity contribution < 1.29 is 22.7 Å². The molecule has 1 N–H and O–H groups in total. The number of nitrogens with one attached hydrogen (secondary N) is 1. The standard InChI is InChI=1S/C34H35Cl2N3O5S/c1-3-20-37-34(41)32(22-25-10-6-4-7-11-25)38(23-26-14-19-30(35)31(36)21-26)33(40)24-39(27-15-17-28(44-2)18-16-27)45(42,43)29-12-8-5-9-13-29/h4-19,21,32H,3,20,22-24H2,1-2H3,(H,37,41)/t32-/m0/s1. The van der Waals surface area contributed by atoms with E-state index in [-0.39, 0.29) is 29.5 Å². The van der Waals surface area contributed by atoms with E-state index in [1.165, 1.54) is 24.1 Å². The van der Waals surface area contributed by atoms with Gasteiger partial charge in [0.1, 0.15) is 18.3 Å². The van der Waals surface area contributed by atoms with E-state index in [2.05, 4.69) is 5.32 Å². The molecule has 0 spiro atoms. The maximum Gasteiger partial charge on any atom is 0.264 e. The van der Waals surface area contributed by atoms with Crippen molar-refractivity contribution >= 4 is 50.7 Å². The molecule has 0 aliphatic rings. The molecule has 0 aliphatic carbocycles. The highest BCUT2D eigenvalue weighted by molar-refractivity contribution is 7.92. The van der Waals surface area contributed by atoms with Crippen molar-refractivity contribution in [1.29, 1.82) is 0 Å². The molecule has 0 unspecified atom stereocenters. The molecule has 4 aromatic rings. The maximum atomic E-state index is 14.5. The Morgan fingerprint density at radius 1 is 0.844 bits per heavy atom. The lowest BCUT2D eigenvalue weighted by molar-refractivity contribution is -0.140. The Kier molecular flexibility index (Phi) is 11.9. The number of benzene rings is 4. The molecule has 0 radical (unpaired) electrons. The SMILES string of the molecule is CCCNC(=O)[C@H](Cc1ccccc1)N(Cc1ccc(Cl)c(Cl)c1)C(=O)CN(c1ccc(OC)cc1)S(=O)(=O)c1ccccc1. The lowest BCUT2D eigenvalue weighted by Gasteiger charge is -2.34. The molecule has 8 nitrogen and oxygen atoms in total. The van der Waals surface area contributed by atoms with Gasteiger partial charge in [0.15, 0.2) is 0 Å². The van der Waals surface area contributed by atoms with E-state index in [9.17, 15) is 18.0 Å². The summed E-state index contributed by atoms with van der Waals surface area (Å²) >= 11 is 12.5. The van der Waals surface area contributed by atoms with Crippen molar-refractivity contribution in [3.8, 4) is 5.75 Å². The lowest BCUT2D eigenvalue weighted by Crippen LogP contribution is -2.53. The number of halogens is 2. The highest BCUT2D eigenvalue weighted by Gasteiger charge is 2.34. The third kappa shape index (κ3) is 8.78. The van der Waals surface area contributed by atoms with Gasteiger partial charge in [-0.05, 0) is 66.1 Å². The van der Waals surface area contributed by atoms with Gasteiger partial charge < -0.3 is 15.0 Å². The second-order valence-electron chi connectivity index (χ2n) is 10.3. The molecule has 0 aliphatic heterocycles. The minimum Gasteiger partial charge on any atom is -0.497 e. The molecule has 236 valence electrons. The predicted octanol–water partition coefficient (Wildman–Crippen LogP) is 6.36. The summed E-state index contributed by atoms with van der Waals surface area (Å²) in [5.41, 5.74) is 1.73. The molecule has 0 saturated carbocycles. The number of hydrogen-bond acceptors (Lipinski definition) is 5. The number of anilines is 1. The zero-order valence-corrected chi connectivity index (χ0v) is 27.4. The molecular weight excluding hydrogens is 633 g/mol. The smallest absolute Gasteiger partial charge is 0.264 e. The van der Waals surface area contributed by atoms with E-state index in [1.807, 2.05) is 37.3 Å². The summed E-state index contributed by atoms with van der Waals surface area (Å²) in [4.78, 5) is 29.6. The lowest BCUT2D eigenvalue weighted by atomic mass is 10.0. The number of rotatable bonds is 14. The van der Waals surface area contributed by atoms with Gasteiger partial charge in [-0.15, -0.1) is 0 Å². The number of hydrogen-bond donors (Lipinski definition) is 1. The number of carbonyl (C=O) groups is 2. The van der Waals surface area contributed by atoms with Crippen LogP contribution < -0.4 is 14.4 Å². The Morgan fingerprint density at radius 3 is 2.09 bits per heavy atom. The van der Waals surface area contributed by atoms with Crippen LogP contribution in [0.3, 0.4) is 0 Å². The van der Waals surface area contributed by atoms with Crippen LogP contribution in [-0.4, -0.2) is 51.4 Å². The minimum absolute atomic E-state index is 0.0192. The fraction of sp³-hybridized carbons (Fsp3) is 0.235. The van der Waals surface area contributed by atoms with Gasteiger partial charge in [-0.3, -0.25) is 13.9 Å². The van der Waals surface area contributed by atoms with E-state index >= 15 is 0 Å². The van der Waals surface area contributed by atoms with Crippen LogP contribution in [-0.2, 0) is 32.6 Å². The maximum absolute atomic E-state index is 14.5. The molecule has 1 atom stereocenters. The third-order valence-corrected chi connectivity index (χ3v) is 9.65. The average Bonchev–Trinajstić information content (AvgIpc) is 3.06. The summed E-state index contributed by atoms with van der Waals surface area (Å²) in [6, 6.07) is 27.7. The molecule has 4 aromatic carbocycles. The molecule has 0 heterocycles. The van der Waals surface area contributed by atoms with Crippen molar-refractivity contribution in [3.63, 3.8) is 0 Å². The number of nitrogens with zero attached hydrogens (tertiary/aromatic N) is 2. The van der Waals surface area contributed by atoms with Gasteiger partial charge in [0.25, 0.3) is 10.0 Å². The highest BCUT2D eigenvalue weighted by atomic mass is 35.5. The van der Waals surface area contributed by atoms with Crippen molar-refractivity contribution in [1.82, 2.24) is 10.2 Å². The zero-order chi connectivity index (χ0) is 32.4. The first-order valence-corrected chi connectivity index (χ1v) is 16.6. The van der Waals surface area contributed by atoms with E-state index in [0.717, 1.165) is 9.87 Å². The normalized spacial score (nSPS) is 11.8. The van der Waals surface area contributed by atoms with E-state index in [4.69, 9.17) is 27.9 Å². The van der Waals surface area contributed by atoms with Gasteiger partial charge in [0, 0.05) is 19.5 Å². The van der Waals surface area contributed by atoms with Crippen LogP contribution in [0.4, 0.5) is 5.69 Å². The number of methoxy groups -OCH3 is 1. The van der Waals surface area contributed by atoms with Crippen LogP contribution in [0.15, 0.2) is 108 Å². The topological polar surface area (TPSA) is 96.0 Å². The van der Waals surface area contributed by atoms with Crippen molar-refractivity contribution in [3.05, 3.63) is 124 Å². The fourth-order valence-corrected chi connectivity index (χ4v) is 6.51. The van der Waals surface area contributed by atoms with Crippen LogP contribution in [0.2, 0.25) is 10.0 Å². The Morgan fingerprint density at radius 2 is 1.49 bits per heavy atom. The largest absolute Gasteiger partial charge is 0.497 e. The van der Waals surface area contributed by atoms with Gasteiger partial charge in [-0.2, -0.15) is 0 Å². The molecule has 0 saturated heterocycles. The van der Waals surface area contributed by atoms with E-state index in [0.29, 0.717) is 34.3 Å². The number of sulfonamides is 1. The summed E-state index contributed by atoms with van der Waals surface area (Å²) in [5.74, 6) is -0.404. The van der Waals surface area contributed by atoms with Crippen molar-refractivity contribution in [2.24, 2.45) is 0 Å². The Labute approximate surface area is 274 Å². The molecule has 0 bridgehead atoms. The molecule has 45 heavy (non-hydrogen) atoms. The van der Waals surface area contributed by atoms with Gasteiger partial charge in [-0.1, -0.05) is 84.7 Å².